The van der Waals surface area contributed by atoms with Crippen molar-refractivity contribution >= 4 is 143 Å². The lowest BCUT2D eigenvalue weighted by molar-refractivity contribution is 0.663. The summed E-state index contributed by atoms with van der Waals surface area (Å²) in [6.07, 6.45) is 0. The van der Waals surface area contributed by atoms with Gasteiger partial charge >= 0.3 is 0 Å². The average molecular weight is 893 g/mol. The van der Waals surface area contributed by atoms with E-state index in [4.69, 9.17) is 8.83 Å². The predicted molar refractivity (Wildman–Crippen MR) is 295 cm³/mol. The van der Waals surface area contributed by atoms with E-state index in [1.54, 1.807) is 0 Å². The smallest absolute Gasteiger partial charge is 0.147 e. The number of hydrogen-bond donors (Lipinski definition) is 0. The van der Waals surface area contributed by atoms with Crippen LogP contribution in [0.5, 0.6) is 0 Å². The van der Waals surface area contributed by atoms with Crippen molar-refractivity contribution in [3.05, 3.63) is 243 Å². The van der Waals surface area contributed by atoms with Crippen LogP contribution in [0, 0.1) is 0 Å². The molecule has 70 heavy (non-hydrogen) atoms. The summed E-state index contributed by atoms with van der Waals surface area (Å²) in [5.74, 6) is 0. The summed E-state index contributed by atoms with van der Waals surface area (Å²) in [5, 5.41) is 18.4. The van der Waals surface area contributed by atoms with Crippen molar-refractivity contribution in [3.63, 3.8) is 0 Å². The van der Waals surface area contributed by atoms with Crippen molar-refractivity contribution in [2.45, 2.75) is 0 Å². The Bertz CT molecular complexity index is 4610. The number of para-hydroxylation sites is 2. The first-order valence-electron chi connectivity index (χ1n) is 23.9. The van der Waals surface area contributed by atoms with Crippen LogP contribution in [0.3, 0.4) is 0 Å². The largest absolute Gasteiger partial charge is 0.456 e. The van der Waals surface area contributed by atoms with E-state index in [1.807, 2.05) is 0 Å². The molecule has 15 aromatic rings. The first-order chi connectivity index (χ1) is 34.7. The SMILES string of the molecule is c1ccc(N(c2ccc3ccc4ccccc4c3c2)c2cc3oc4c(ccc5oc6cc(N(c7ccccc7)c7ccc8ccc9ccccc9c8c7)c7ccccc7c6c54)c3c3ccccc23)cc1. The zero-order chi connectivity index (χ0) is 45.9. The Labute approximate surface area is 402 Å². The molecule has 0 unspecified atom stereocenters. The Hall–Kier alpha value is -9.38. The second kappa shape index (κ2) is 15.1. The van der Waals surface area contributed by atoms with Crippen LogP contribution in [0.2, 0.25) is 0 Å². The number of furan rings is 2. The van der Waals surface area contributed by atoms with E-state index in [0.717, 1.165) is 99.5 Å². The molecule has 2 heterocycles. The molecule has 0 saturated heterocycles. The van der Waals surface area contributed by atoms with Crippen LogP contribution in [-0.4, -0.2) is 0 Å². The number of anilines is 6. The number of nitrogens with zero attached hydrogens (tertiary/aromatic N) is 2. The molecule has 0 atom stereocenters. The molecular weight excluding hydrogens is 853 g/mol. The highest BCUT2D eigenvalue weighted by atomic mass is 16.3. The van der Waals surface area contributed by atoms with E-state index in [9.17, 15) is 0 Å². The van der Waals surface area contributed by atoms with Crippen LogP contribution < -0.4 is 9.80 Å². The summed E-state index contributed by atoms with van der Waals surface area (Å²) in [4.78, 5) is 4.75. The van der Waals surface area contributed by atoms with E-state index in [-0.39, 0.29) is 0 Å². The first kappa shape index (κ1) is 38.7. The Morgan fingerprint density at radius 2 is 0.643 bits per heavy atom. The standard InChI is InChI=1S/C66H40N2O2/c1-3-17-45(18-4-1)67(47-33-31-43-29-27-41-15-7-9-21-49(41)56(43)37-47)58-39-61-63(53-25-13-11-23-51(53)58)55-35-36-60-65(66(55)70-61)64-54-26-14-12-24-52(54)59(40-62(64)69-60)68(46-19-5-2-6-20-46)48-34-32-44-30-28-42-16-8-10-22-50(42)57(44)38-48/h1-40H. The zero-order valence-corrected chi connectivity index (χ0v) is 37.8. The molecule has 4 nitrogen and oxygen atoms in total. The zero-order valence-electron chi connectivity index (χ0n) is 37.8. The Morgan fingerprint density at radius 3 is 1.17 bits per heavy atom. The maximum absolute atomic E-state index is 7.27. The first-order valence-corrected chi connectivity index (χ1v) is 23.9. The number of benzene rings is 13. The topological polar surface area (TPSA) is 32.8 Å². The predicted octanol–water partition coefficient (Wildman–Crippen LogP) is 19.3. The molecule has 15 rings (SSSR count). The molecule has 4 heteroatoms. The molecule has 326 valence electrons. The van der Waals surface area contributed by atoms with Gasteiger partial charge in [-0.1, -0.05) is 170 Å². The maximum atomic E-state index is 7.27. The van der Waals surface area contributed by atoms with Gasteiger partial charge in [0, 0.05) is 61.8 Å². The molecule has 0 aliphatic carbocycles. The van der Waals surface area contributed by atoms with Gasteiger partial charge < -0.3 is 18.6 Å². The lowest BCUT2D eigenvalue weighted by atomic mass is 9.97. The van der Waals surface area contributed by atoms with Gasteiger partial charge in [0.15, 0.2) is 0 Å². The van der Waals surface area contributed by atoms with Gasteiger partial charge in [-0.15, -0.1) is 0 Å². The van der Waals surface area contributed by atoms with Crippen LogP contribution in [-0.2, 0) is 0 Å². The highest BCUT2D eigenvalue weighted by Crippen LogP contribution is 2.50. The van der Waals surface area contributed by atoms with Crippen molar-refractivity contribution in [2.24, 2.45) is 0 Å². The van der Waals surface area contributed by atoms with Gasteiger partial charge in [0.05, 0.1) is 16.8 Å². The molecule has 0 aliphatic rings. The lowest BCUT2D eigenvalue weighted by Crippen LogP contribution is -2.10. The fourth-order valence-corrected chi connectivity index (χ4v) is 11.4. The van der Waals surface area contributed by atoms with E-state index in [2.05, 4.69) is 252 Å². The van der Waals surface area contributed by atoms with Gasteiger partial charge in [0.1, 0.15) is 22.3 Å². The monoisotopic (exact) mass is 892 g/mol. The summed E-state index contributed by atoms with van der Waals surface area (Å²) < 4.78 is 14.3. The lowest BCUT2D eigenvalue weighted by Gasteiger charge is -2.27. The summed E-state index contributed by atoms with van der Waals surface area (Å²) in [5.41, 5.74) is 9.56. The molecule has 0 N–H and O–H groups in total. The average Bonchev–Trinajstić information content (AvgIpc) is 4.00. The van der Waals surface area contributed by atoms with Gasteiger partial charge in [-0.25, -0.2) is 0 Å². The molecule has 0 aliphatic heterocycles. The van der Waals surface area contributed by atoms with Crippen LogP contribution in [0.25, 0.3) is 109 Å². The molecule has 0 spiro atoms. The fraction of sp³-hybridized carbons (Fsp3) is 0. The number of rotatable bonds is 6. The normalized spacial score (nSPS) is 12.0. The van der Waals surface area contributed by atoms with E-state index < -0.39 is 0 Å². The molecule has 0 saturated carbocycles. The van der Waals surface area contributed by atoms with Gasteiger partial charge in [-0.05, 0) is 115 Å². The third-order valence-corrected chi connectivity index (χ3v) is 14.5. The van der Waals surface area contributed by atoms with Crippen molar-refractivity contribution in [3.8, 4) is 0 Å². The highest BCUT2D eigenvalue weighted by Gasteiger charge is 2.26. The van der Waals surface area contributed by atoms with Gasteiger partial charge in [-0.2, -0.15) is 0 Å². The summed E-state index contributed by atoms with van der Waals surface area (Å²) in [7, 11) is 0. The molecule has 0 radical (unpaired) electrons. The van der Waals surface area contributed by atoms with Gasteiger partial charge in [-0.3, -0.25) is 0 Å². The van der Waals surface area contributed by atoms with E-state index >= 15 is 0 Å². The Morgan fingerprint density at radius 1 is 0.229 bits per heavy atom. The molecule has 2 aromatic heterocycles. The third kappa shape index (κ3) is 5.77. The molecular formula is C66H40N2O2. The minimum Gasteiger partial charge on any atom is -0.456 e. The maximum Gasteiger partial charge on any atom is 0.147 e. The van der Waals surface area contributed by atoms with Gasteiger partial charge in [0.25, 0.3) is 0 Å². The highest BCUT2D eigenvalue weighted by molar-refractivity contribution is 6.32. The number of hydrogen-bond acceptors (Lipinski definition) is 4. The van der Waals surface area contributed by atoms with E-state index in [0.29, 0.717) is 0 Å². The van der Waals surface area contributed by atoms with Crippen molar-refractivity contribution in [1.29, 1.82) is 0 Å². The second-order valence-electron chi connectivity index (χ2n) is 18.4. The molecule has 13 aromatic carbocycles. The minimum atomic E-state index is 0.783. The fourth-order valence-electron chi connectivity index (χ4n) is 11.4. The molecule has 0 bridgehead atoms. The number of fused-ring (bicyclic) bond motifs is 17. The quantitative estimate of drug-likeness (QED) is 0.156. The molecule has 0 amide bonds. The van der Waals surface area contributed by atoms with Crippen LogP contribution in [0.15, 0.2) is 251 Å². The summed E-state index contributed by atoms with van der Waals surface area (Å²) >= 11 is 0. The van der Waals surface area contributed by atoms with Crippen molar-refractivity contribution in [1.82, 2.24) is 0 Å². The summed E-state index contributed by atoms with van der Waals surface area (Å²) in [6, 6.07) is 87.4. The van der Waals surface area contributed by atoms with Crippen LogP contribution in [0.4, 0.5) is 34.1 Å². The minimum absolute atomic E-state index is 0.783. The van der Waals surface area contributed by atoms with Crippen LogP contribution in [0.1, 0.15) is 0 Å². The summed E-state index contributed by atoms with van der Waals surface area (Å²) in [6.45, 7) is 0. The van der Waals surface area contributed by atoms with Crippen LogP contribution >= 0.6 is 0 Å². The van der Waals surface area contributed by atoms with E-state index in [1.165, 1.54) is 43.1 Å². The Balaban J connectivity index is 0.972. The third-order valence-electron chi connectivity index (χ3n) is 14.5. The second-order valence-corrected chi connectivity index (χ2v) is 18.4. The van der Waals surface area contributed by atoms with Crippen molar-refractivity contribution in [2.75, 3.05) is 9.80 Å². The molecule has 0 fully saturated rings. The van der Waals surface area contributed by atoms with Gasteiger partial charge in [0.2, 0.25) is 0 Å². The van der Waals surface area contributed by atoms with Crippen molar-refractivity contribution < 1.29 is 8.83 Å². The Kier molecular flexibility index (Phi) is 8.33.